The van der Waals surface area contributed by atoms with E-state index in [1.54, 1.807) is 7.11 Å². The number of carbonyl (C=O) groups excluding carboxylic acids is 1. The molecule has 1 aromatic carbocycles. The van der Waals surface area contributed by atoms with Gasteiger partial charge in [0, 0.05) is 19.1 Å². The summed E-state index contributed by atoms with van der Waals surface area (Å²) in [4.78, 5) is 12.2. The quantitative estimate of drug-likeness (QED) is 0.774. The first kappa shape index (κ1) is 17.8. The maximum absolute atomic E-state index is 12.2. The van der Waals surface area contributed by atoms with Crippen LogP contribution in [0.4, 0.5) is 0 Å². The zero-order valence-electron chi connectivity index (χ0n) is 14.1. The molecule has 0 heterocycles. The van der Waals surface area contributed by atoms with E-state index in [0.717, 1.165) is 17.7 Å². The van der Waals surface area contributed by atoms with Crippen LogP contribution < -0.4 is 10.1 Å². The van der Waals surface area contributed by atoms with E-state index < -0.39 is 0 Å². The minimum atomic E-state index is 0.0878. The van der Waals surface area contributed by atoms with E-state index in [1.165, 1.54) is 32.1 Å². The molecule has 1 fully saturated rings. The molecule has 0 bridgehead atoms. The fraction of sp³-hybridized carbons (Fsp3) is 0.632. The SMILES string of the molecule is COc1ccc(CCC(=O)NC(CCO)C2CCCCC2)cc1. The lowest BCUT2D eigenvalue weighted by molar-refractivity contribution is -0.122. The van der Waals surface area contributed by atoms with E-state index in [0.29, 0.717) is 18.8 Å². The topological polar surface area (TPSA) is 58.6 Å². The second kappa shape index (κ2) is 9.56. The van der Waals surface area contributed by atoms with Crippen molar-refractivity contribution in [3.63, 3.8) is 0 Å². The van der Waals surface area contributed by atoms with Crippen molar-refractivity contribution in [1.82, 2.24) is 5.32 Å². The third-order valence-electron chi connectivity index (χ3n) is 4.81. The van der Waals surface area contributed by atoms with E-state index in [4.69, 9.17) is 4.74 Å². The Balaban J connectivity index is 1.80. The van der Waals surface area contributed by atoms with Gasteiger partial charge >= 0.3 is 0 Å². The average Bonchev–Trinajstić information content (AvgIpc) is 2.61. The third kappa shape index (κ3) is 5.87. The molecule has 0 aliphatic heterocycles. The molecular weight excluding hydrogens is 290 g/mol. The van der Waals surface area contributed by atoms with Crippen molar-refractivity contribution in [2.75, 3.05) is 13.7 Å². The fourth-order valence-electron chi connectivity index (χ4n) is 3.43. The van der Waals surface area contributed by atoms with Crippen LogP contribution in [0.3, 0.4) is 0 Å². The van der Waals surface area contributed by atoms with Crippen molar-refractivity contribution in [1.29, 1.82) is 0 Å². The molecule has 0 radical (unpaired) electrons. The molecule has 128 valence electrons. The van der Waals surface area contributed by atoms with E-state index in [1.807, 2.05) is 24.3 Å². The Labute approximate surface area is 139 Å². The number of amides is 1. The second-order valence-electron chi connectivity index (χ2n) is 6.43. The number of benzene rings is 1. The van der Waals surface area contributed by atoms with Gasteiger partial charge in [0.25, 0.3) is 0 Å². The van der Waals surface area contributed by atoms with Crippen molar-refractivity contribution in [2.24, 2.45) is 5.92 Å². The number of hydrogen-bond donors (Lipinski definition) is 2. The Hall–Kier alpha value is -1.55. The highest BCUT2D eigenvalue weighted by Gasteiger charge is 2.24. The van der Waals surface area contributed by atoms with E-state index in [-0.39, 0.29) is 18.6 Å². The van der Waals surface area contributed by atoms with Gasteiger partial charge < -0.3 is 15.2 Å². The molecule has 4 heteroatoms. The third-order valence-corrected chi connectivity index (χ3v) is 4.81. The summed E-state index contributed by atoms with van der Waals surface area (Å²) in [5.74, 6) is 1.45. The lowest BCUT2D eigenvalue weighted by Crippen LogP contribution is -2.41. The van der Waals surface area contributed by atoms with Gasteiger partial charge in [-0.3, -0.25) is 4.79 Å². The van der Waals surface area contributed by atoms with Gasteiger partial charge in [-0.1, -0.05) is 31.4 Å². The zero-order chi connectivity index (χ0) is 16.5. The monoisotopic (exact) mass is 319 g/mol. The van der Waals surface area contributed by atoms with Gasteiger partial charge in [0.2, 0.25) is 5.91 Å². The maximum atomic E-state index is 12.2. The molecule has 0 saturated heterocycles. The summed E-state index contributed by atoms with van der Waals surface area (Å²) in [6, 6.07) is 7.97. The summed E-state index contributed by atoms with van der Waals surface area (Å²) in [6.07, 6.45) is 8.01. The van der Waals surface area contributed by atoms with Crippen LogP contribution >= 0.6 is 0 Å². The summed E-state index contributed by atoms with van der Waals surface area (Å²) in [6.45, 7) is 0.139. The maximum Gasteiger partial charge on any atom is 0.220 e. The first-order valence-corrected chi connectivity index (χ1v) is 8.76. The van der Waals surface area contributed by atoms with E-state index in [9.17, 15) is 9.90 Å². The predicted molar refractivity (Wildman–Crippen MR) is 91.5 cm³/mol. The van der Waals surface area contributed by atoms with Gasteiger partial charge in [-0.25, -0.2) is 0 Å². The molecule has 2 N–H and O–H groups in total. The van der Waals surface area contributed by atoms with Crippen LogP contribution in [0.15, 0.2) is 24.3 Å². The molecule has 1 aliphatic rings. The van der Waals surface area contributed by atoms with Gasteiger partial charge in [-0.15, -0.1) is 0 Å². The number of carbonyl (C=O) groups is 1. The fourth-order valence-corrected chi connectivity index (χ4v) is 3.43. The van der Waals surface area contributed by atoms with Gasteiger partial charge in [0.1, 0.15) is 5.75 Å². The Morgan fingerprint density at radius 2 is 1.96 bits per heavy atom. The smallest absolute Gasteiger partial charge is 0.220 e. The highest BCUT2D eigenvalue weighted by Crippen LogP contribution is 2.27. The summed E-state index contributed by atoms with van der Waals surface area (Å²) in [5.41, 5.74) is 1.14. The minimum Gasteiger partial charge on any atom is -0.497 e. The lowest BCUT2D eigenvalue weighted by Gasteiger charge is -2.30. The van der Waals surface area contributed by atoms with Gasteiger partial charge in [-0.05, 0) is 49.3 Å². The first-order valence-electron chi connectivity index (χ1n) is 8.76. The van der Waals surface area contributed by atoms with Crippen LogP contribution in [0, 0.1) is 5.92 Å². The van der Waals surface area contributed by atoms with Crippen LogP contribution in [-0.4, -0.2) is 30.8 Å². The second-order valence-corrected chi connectivity index (χ2v) is 6.43. The Kier molecular flexibility index (Phi) is 7.40. The van der Waals surface area contributed by atoms with Gasteiger partial charge in [-0.2, -0.15) is 0 Å². The van der Waals surface area contributed by atoms with Crippen LogP contribution in [0.2, 0.25) is 0 Å². The summed E-state index contributed by atoms with van der Waals surface area (Å²) in [5, 5.41) is 12.4. The van der Waals surface area contributed by atoms with E-state index in [2.05, 4.69) is 5.32 Å². The molecule has 1 aliphatic carbocycles. The average molecular weight is 319 g/mol. The molecule has 1 aromatic rings. The lowest BCUT2D eigenvalue weighted by atomic mass is 9.82. The molecular formula is C19H29NO3. The van der Waals surface area contributed by atoms with Crippen molar-refractivity contribution >= 4 is 5.91 Å². The number of aliphatic hydroxyl groups is 1. The predicted octanol–water partition coefficient (Wildman–Crippen LogP) is 3.08. The van der Waals surface area contributed by atoms with Gasteiger partial charge in [0.15, 0.2) is 0 Å². The number of methoxy groups -OCH3 is 1. The number of hydrogen-bond acceptors (Lipinski definition) is 3. The number of aryl methyl sites for hydroxylation is 1. The number of rotatable bonds is 8. The van der Waals surface area contributed by atoms with Crippen LogP contribution in [-0.2, 0) is 11.2 Å². The minimum absolute atomic E-state index is 0.0878. The first-order chi connectivity index (χ1) is 11.2. The van der Waals surface area contributed by atoms with Crippen LogP contribution in [0.25, 0.3) is 0 Å². The zero-order valence-corrected chi connectivity index (χ0v) is 14.1. The number of aliphatic hydroxyl groups excluding tert-OH is 1. The van der Waals surface area contributed by atoms with Crippen molar-refractivity contribution in [3.05, 3.63) is 29.8 Å². The molecule has 2 rings (SSSR count). The highest BCUT2D eigenvalue weighted by atomic mass is 16.5. The largest absolute Gasteiger partial charge is 0.497 e. The van der Waals surface area contributed by atoms with Crippen LogP contribution in [0.1, 0.15) is 50.5 Å². The van der Waals surface area contributed by atoms with Crippen LogP contribution in [0.5, 0.6) is 5.75 Å². The van der Waals surface area contributed by atoms with Crippen molar-refractivity contribution < 1.29 is 14.6 Å². The molecule has 23 heavy (non-hydrogen) atoms. The summed E-state index contributed by atoms with van der Waals surface area (Å²) >= 11 is 0. The highest BCUT2D eigenvalue weighted by molar-refractivity contribution is 5.76. The molecule has 0 aromatic heterocycles. The molecule has 1 unspecified atom stereocenters. The number of nitrogens with one attached hydrogen (secondary N) is 1. The van der Waals surface area contributed by atoms with Gasteiger partial charge in [0.05, 0.1) is 7.11 Å². The molecule has 0 spiro atoms. The Bertz CT molecular complexity index is 466. The molecule has 1 amide bonds. The van der Waals surface area contributed by atoms with E-state index >= 15 is 0 Å². The summed E-state index contributed by atoms with van der Waals surface area (Å²) < 4.78 is 5.14. The summed E-state index contributed by atoms with van der Waals surface area (Å²) in [7, 11) is 1.65. The standard InChI is InChI=1S/C19H29NO3/c1-23-17-10-7-15(8-11-17)9-12-19(22)20-18(13-14-21)16-5-3-2-4-6-16/h7-8,10-11,16,18,21H,2-6,9,12-14H2,1H3,(H,20,22). The normalized spacial score (nSPS) is 16.8. The van der Waals surface area contributed by atoms with Crippen molar-refractivity contribution in [2.45, 2.75) is 57.4 Å². The Morgan fingerprint density at radius 1 is 1.26 bits per heavy atom. The molecule has 4 nitrogen and oxygen atoms in total. The molecule has 1 saturated carbocycles. The Morgan fingerprint density at radius 3 is 2.57 bits per heavy atom. The number of ether oxygens (including phenoxy) is 1. The van der Waals surface area contributed by atoms with Crippen molar-refractivity contribution in [3.8, 4) is 5.75 Å². The molecule has 1 atom stereocenters.